The third-order valence-electron chi connectivity index (χ3n) is 12.1. The maximum atomic E-state index is 16.5. The highest BCUT2D eigenvalue weighted by Gasteiger charge is 2.31. The van der Waals surface area contributed by atoms with E-state index in [2.05, 4.69) is 162 Å². The van der Waals surface area contributed by atoms with Crippen molar-refractivity contribution in [1.29, 1.82) is 0 Å². The zero-order valence-corrected chi connectivity index (χ0v) is 37.1. The third kappa shape index (κ3) is 7.43. The Balaban J connectivity index is 1.14. The standard InChI is InChI=1S/C55H55FN4O/c1-35-24-52(57-33-45(35)36-18-12-11-13-19-36)60-47-21-15-14-20-43(47)44-31-46(56)51(32-50(44)60)61-42-29-39(55(8,9)10)28-41(30-42)59-34-58(48-22-16-17-23-49(48)59)40-26-37(53(2,3)4)25-38(27-40)54(5,6)7/h11-33H,34H2,1-10H3. The number of anilines is 4. The second-order valence-corrected chi connectivity index (χ2v) is 19.7. The van der Waals surface area contributed by atoms with E-state index in [1.807, 2.05) is 54.7 Å². The smallest absolute Gasteiger partial charge is 0.166 e. The number of ether oxygens (including phenoxy) is 1. The molecule has 0 amide bonds. The lowest BCUT2D eigenvalue weighted by molar-refractivity contribution is 0.441. The van der Waals surface area contributed by atoms with Gasteiger partial charge in [0.25, 0.3) is 0 Å². The molecule has 6 aromatic carbocycles. The van der Waals surface area contributed by atoms with Crippen LogP contribution in [0.5, 0.6) is 11.5 Å². The van der Waals surface area contributed by atoms with Crippen molar-refractivity contribution in [2.24, 2.45) is 0 Å². The number of fused-ring (bicyclic) bond motifs is 4. The predicted octanol–water partition coefficient (Wildman–Crippen LogP) is 15.2. The number of para-hydroxylation sites is 3. The number of halogens is 1. The molecule has 0 N–H and O–H groups in total. The summed E-state index contributed by atoms with van der Waals surface area (Å²) in [6, 6.07) is 46.0. The maximum Gasteiger partial charge on any atom is 0.166 e. The monoisotopic (exact) mass is 806 g/mol. The molecule has 0 saturated carbocycles. The van der Waals surface area contributed by atoms with Crippen LogP contribution in [0.3, 0.4) is 0 Å². The molecule has 0 radical (unpaired) electrons. The van der Waals surface area contributed by atoms with Crippen molar-refractivity contribution in [3.63, 3.8) is 0 Å². The summed E-state index contributed by atoms with van der Waals surface area (Å²) in [6.45, 7) is 23.0. The molecule has 0 fully saturated rings. The summed E-state index contributed by atoms with van der Waals surface area (Å²) in [5.41, 5.74) is 12.9. The zero-order chi connectivity index (χ0) is 43.0. The number of rotatable bonds is 6. The first-order valence-electron chi connectivity index (χ1n) is 21.3. The van der Waals surface area contributed by atoms with Gasteiger partial charge in [-0.15, -0.1) is 0 Å². The van der Waals surface area contributed by atoms with E-state index in [-0.39, 0.29) is 22.0 Å². The lowest BCUT2D eigenvalue weighted by Crippen LogP contribution is -2.26. The van der Waals surface area contributed by atoms with Gasteiger partial charge in [-0.05, 0) is 106 Å². The molecule has 0 aliphatic carbocycles. The van der Waals surface area contributed by atoms with E-state index in [1.54, 1.807) is 6.07 Å². The fourth-order valence-corrected chi connectivity index (χ4v) is 8.52. The molecular formula is C55H55FN4O. The summed E-state index contributed by atoms with van der Waals surface area (Å²) in [4.78, 5) is 9.75. The van der Waals surface area contributed by atoms with Crippen LogP contribution >= 0.6 is 0 Å². The molecule has 0 spiro atoms. The average molecular weight is 807 g/mol. The number of hydrogen-bond acceptors (Lipinski definition) is 4. The SMILES string of the molecule is Cc1cc(-n2c3ccccc3c3cc(F)c(Oc4cc(N5CN(c6cc(C(C)(C)C)cc(C(C)(C)C)c6)c6ccccc65)cc(C(C)(C)C)c4)cc32)ncc1-c1ccccc1. The van der Waals surface area contributed by atoms with Crippen molar-refractivity contribution < 1.29 is 9.13 Å². The van der Waals surface area contributed by atoms with Crippen molar-refractivity contribution in [3.8, 4) is 28.4 Å². The Morgan fingerprint density at radius 3 is 1.72 bits per heavy atom. The van der Waals surface area contributed by atoms with Crippen LogP contribution in [0.15, 0.2) is 140 Å². The van der Waals surface area contributed by atoms with Gasteiger partial charge in [-0.3, -0.25) is 4.57 Å². The lowest BCUT2D eigenvalue weighted by Gasteiger charge is -2.29. The maximum absolute atomic E-state index is 16.5. The topological polar surface area (TPSA) is 33.5 Å². The van der Waals surface area contributed by atoms with Crippen LogP contribution < -0.4 is 14.5 Å². The van der Waals surface area contributed by atoms with Crippen LogP contribution in [0.1, 0.15) is 84.6 Å². The highest BCUT2D eigenvalue weighted by Crippen LogP contribution is 2.48. The molecule has 0 bridgehead atoms. The first kappa shape index (κ1) is 40.0. The molecule has 8 aromatic rings. The molecule has 5 nitrogen and oxygen atoms in total. The van der Waals surface area contributed by atoms with Crippen molar-refractivity contribution in [1.82, 2.24) is 9.55 Å². The second-order valence-electron chi connectivity index (χ2n) is 19.7. The molecule has 61 heavy (non-hydrogen) atoms. The van der Waals surface area contributed by atoms with Crippen LogP contribution in [0.2, 0.25) is 0 Å². The molecule has 9 rings (SSSR count). The van der Waals surface area contributed by atoms with Gasteiger partial charge in [-0.25, -0.2) is 9.37 Å². The van der Waals surface area contributed by atoms with Gasteiger partial charge >= 0.3 is 0 Å². The Hall–Kier alpha value is -6.40. The Kier molecular flexibility index (Phi) is 9.62. The quantitative estimate of drug-likeness (QED) is 0.168. The molecule has 0 unspecified atom stereocenters. The summed E-state index contributed by atoms with van der Waals surface area (Å²) < 4.78 is 25.3. The van der Waals surface area contributed by atoms with Gasteiger partial charge in [0.15, 0.2) is 11.6 Å². The van der Waals surface area contributed by atoms with Gasteiger partial charge in [0.1, 0.15) is 18.2 Å². The highest BCUT2D eigenvalue weighted by molar-refractivity contribution is 6.09. The minimum absolute atomic E-state index is 0.0165. The number of hydrogen-bond donors (Lipinski definition) is 0. The van der Waals surface area contributed by atoms with E-state index in [1.165, 1.54) is 16.8 Å². The zero-order valence-electron chi connectivity index (χ0n) is 37.1. The minimum Gasteiger partial charge on any atom is -0.454 e. The Morgan fingerprint density at radius 1 is 0.557 bits per heavy atom. The predicted molar refractivity (Wildman–Crippen MR) is 253 cm³/mol. The van der Waals surface area contributed by atoms with Crippen LogP contribution in [0, 0.1) is 12.7 Å². The molecule has 0 atom stereocenters. The highest BCUT2D eigenvalue weighted by atomic mass is 19.1. The van der Waals surface area contributed by atoms with Gasteiger partial charge in [0.05, 0.1) is 22.4 Å². The van der Waals surface area contributed by atoms with Crippen molar-refractivity contribution in [2.75, 3.05) is 16.5 Å². The van der Waals surface area contributed by atoms with Gasteiger partial charge in [-0.2, -0.15) is 0 Å². The molecule has 6 heteroatoms. The Labute approximate surface area is 360 Å². The number of nitrogens with zero attached hydrogens (tertiary/aromatic N) is 4. The van der Waals surface area contributed by atoms with Crippen LogP contribution in [0.4, 0.5) is 27.1 Å². The van der Waals surface area contributed by atoms with E-state index in [9.17, 15) is 0 Å². The van der Waals surface area contributed by atoms with Crippen molar-refractivity contribution in [2.45, 2.75) is 85.5 Å². The largest absolute Gasteiger partial charge is 0.454 e. The Bertz CT molecular complexity index is 2930. The number of benzene rings is 6. The molecule has 308 valence electrons. The summed E-state index contributed by atoms with van der Waals surface area (Å²) in [5, 5.41) is 1.75. The molecule has 3 heterocycles. The van der Waals surface area contributed by atoms with Crippen molar-refractivity contribution >= 4 is 44.6 Å². The first-order chi connectivity index (χ1) is 28.9. The average Bonchev–Trinajstić information content (AvgIpc) is 3.76. The fourth-order valence-electron chi connectivity index (χ4n) is 8.52. The van der Waals surface area contributed by atoms with Gasteiger partial charge in [0, 0.05) is 46.0 Å². The summed E-state index contributed by atoms with van der Waals surface area (Å²) in [7, 11) is 0. The number of aryl methyl sites for hydroxylation is 1. The number of pyridine rings is 1. The summed E-state index contributed by atoms with van der Waals surface area (Å²) in [6.07, 6.45) is 1.93. The second kappa shape index (κ2) is 14.7. The number of aromatic nitrogens is 2. The fraction of sp³-hybridized carbons (Fsp3) is 0.255. The molecule has 0 saturated heterocycles. The van der Waals surface area contributed by atoms with Crippen LogP contribution in [0.25, 0.3) is 38.8 Å². The van der Waals surface area contributed by atoms with Crippen LogP contribution in [-0.4, -0.2) is 16.2 Å². The summed E-state index contributed by atoms with van der Waals surface area (Å²) >= 11 is 0. The first-order valence-corrected chi connectivity index (χ1v) is 21.3. The van der Waals surface area contributed by atoms with E-state index in [0.717, 1.165) is 66.9 Å². The van der Waals surface area contributed by atoms with Gasteiger partial charge in [0.2, 0.25) is 0 Å². The van der Waals surface area contributed by atoms with Crippen molar-refractivity contribution in [3.05, 3.63) is 168 Å². The Morgan fingerprint density at radius 2 is 1.11 bits per heavy atom. The minimum atomic E-state index is -0.423. The third-order valence-corrected chi connectivity index (χ3v) is 12.1. The normalized spacial score (nSPS) is 13.4. The molecule has 1 aliphatic heterocycles. The molecule has 2 aromatic heterocycles. The lowest BCUT2D eigenvalue weighted by atomic mass is 9.80. The van der Waals surface area contributed by atoms with E-state index >= 15 is 4.39 Å². The summed E-state index contributed by atoms with van der Waals surface area (Å²) in [5.74, 6) is 1.07. The van der Waals surface area contributed by atoms with Crippen LogP contribution in [-0.2, 0) is 16.2 Å². The van der Waals surface area contributed by atoms with E-state index in [4.69, 9.17) is 9.72 Å². The van der Waals surface area contributed by atoms with Gasteiger partial charge < -0.3 is 14.5 Å². The molecule has 1 aliphatic rings. The van der Waals surface area contributed by atoms with Gasteiger partial charge in [-0.1, -0.05) is 129 Å². The van der Waals surface area contributed by atoms with E-state index < -0.39 is 5.82 Å². The molecular weight excluding hydrogens is 752 g/mol. The van der Waals surface area contributed by atoms with E-state index in [0.29, 0.717) is 12.4 Å².